The van der Waals surface area contributed by atoms with Crippen LogP contribution in [0.25, 0.3) is 0 Å². The van der Waals surface area contributed by atoms with Crippen molar-refractivity contribution < 1.29 is 0 Å². The number of benzene rings is 1. The van der Waals surface area contributed by atoms with Crippen molar-refractivity contribution in [3.8, 4) is 0 Å². The molecule has 0 saturated carbocycles. The van der Waals surface area contributed by atoms with Crippen molar-refractivity contribution in [2.75, 3.05) is 17.2 Å². The van der Waals surface area contributed by atoms with Crippen LogP contribution in [0.4, 0.5) is 11.4 Å². The van der Waals surface area contributed by atoms with Crippen LogP contribution in [-0.4, -0.2) is 6.54 Å². The van der Waals surface area contributed by atoms with Crippen LogP contribution in [-0.2, 0) is 13.0 Å². The molecule has 0 unspecified atom stereocenters. The zero-order valence-corrected chi connectivity index (χ0v) is 12.4. The van der Waals surface area contributed by atoms with Crippen LogP contribution < -0.4 is 10.6 Å². The number of thiophene rings is 1. The monoisotopic (exact) mass is 322 g/mol. The number of rotatable bonds is 2. The third-order valence-corrected chi connectivity index (χ3v) is 5.25. The maximum absolute atomic E-state index is 5.86. The molecular formula is C14H15BrN2S. The van der Waals surface area contributed by atoms with E-state index in [2.05, 4.69) is 44.4 Å². The van der Waals surface area contributed by atoms with Gasteiger partial charge in [-0.05, 0) is 64.0 Å². The molecule has 94 valence electrons. The lowest BCUT2D eigenvalue weighted by atomic mass is 10.0. The van der Waals surface area contributed by atoms with E-state index in [1.807, 2.05) is 17.4 Å². The van der Waals surface area contributed by atoms with Crippen LogP contribution in [0.15, 0.2) is 34.1 Å². The zero-order chi connectivity index (χ0) is 12.5. The van der Waals surface area contributed by atoms with Crippen molar-refractivity contribution in [3.63, 3.8) is 0 Å². The standard InChI is InChI=1S/C14H15BrN2S/c15-12-5-7-18-14(12)9-17-6-1-2-10-8-11(16)3-4-13(10)17/h3-5,7-8H,1-2,6,9,16H2. The molecule has 18 heavy (non-hydrogen) atoms. The molecule has 1 aliphatic rings. The Labute approximate surface area is 120 Å². The van der Waals surface area contributed by atoms with E-state index in [-0.39, 0.29) is 0 Å². The van der Waals surface area contributed by atoms with Crippen molar-refractivity contribution in [3.05, 3.63) is 44.6 Å². The number of halogens is 1. The Balaban J connectivity index is 1.90. The predicted molar refractivity (Wildman–Crippen MR) is 82.2 cm³/mol. The maximum atomic E-state index is 5.86. The van der Waals surface area contributed by atoms with Crippen molar-refractivity contribution >= 4 is 38.6 Å². The van der Waals surface area contributed by atoms with Gasteiger partial charge in [-0.15, -0.1) is 11.3 Å². The Morgan fingerprint density at radius 3 is 3.00 bits per heavy atom. The predicted octanol–water partition coefficient (Wildman–Crippen LogP) is 4.05. The lowest BCUT2D eigenvalue weighted by molar-refractivity contribution is 0.694. The summed E-state index contributed by atoms with van der Waals surface area (Å²) in [6.07, 6.45) is 2.35. The first-order valence-corrected chi connectivity index (χ1v) is 7.76. The van der Waals surface area contributed by atoms with Crippen LogP contribution in [0.3, 0.4) is 0 Å². The molecule has 2 nitrogen and oxygen atoms in total. The summed E-state index contributed by atoms with van der Waals surface area (Å²) in [6.45, 7) is 2.11. The lowest BCUT2D eigenvalue weighted by Gasteiger charge is -2.31. The molecule has 3 rings (SSSR count). The molecule has 2 N–H and O–H groups in total. The molecular weight excluding hydrogens is 308 g/mol. The lowest BCUT2D eigenvalue weighted by Crippen LogP contribution is -2.28. The number of fused-ring (bicyclic) bond motifs is 1. The quantitative estimate of drug-likeness (QED) is 0.845. The van der Waals surface area contributed by atoms with Gasteiger partial charge in [0.2, 0.25) is 0 Å². The van der Waals surface area contributed by atoms with E-state index in [1.165, 1.54) is 27.0 Å². The second-order valence-electron chi connectivity index (χ2n) is 4.60. The average molecular weight is 323 g/mol. The molecule has 0 spiro atoms. The van der Waals surface area contributed by atoms with Gasteiger partial charge in [-0.1, -0.05) is 0 Å². The van der Waals surface area contributed by atoms with Crippen LogP contribution in [0, 0.1) is 0 Å². The number of nitrogens with two attached hydrogens (primary N) is 1. The molecule has 0 fully saturated rings. The molecule has 2 heterocycles. The summed E-state index contributed by atoms with van der Waals surface area (Å²) in [6, 6.07) is 8.39. The fourth-order valence-electron chi connectivity index (χ4n) is 2.47. The highest BCUT2D eigenvalue weighted by molar-refractivity contribution is 9.10. The number of aryl methyl sites for hydroxylation is 1. The SMILES string of the molecule is Nc1ccc2c(c1)CCCN2Cc1sccc1Br. The minimum absolute atomic E-state index is 0.868. The molecule has 0 atom stereocenters. The maximum Gasteiger partial charge on any atom is 0.0534 e. The van der Waals surface area contributed by atoms with E-state index in [9.17, 15) is 0 Å². The Hall–Kier alpha value is -1.00. The van der Waals surface area contributed by atoms with E-state index < -0.39 is 0 Å². The summed E-state index contributed by atoms with van der Waals surface area (Å²) in [4.78, 5) is 3.84. The summed E-state index contributed by atoms with van der Waals surface area (Å²) in [7, 11) is 0. The molecule has 1 aromatic carbocycles. The second-order valence-corrected chi connectivity index (χ2v) is 6.46. The van der Waals surface area contributed by atoms with Gasteiger partial charge in [0, 0.05) is 27.3 Å². The Morgan fingerprint density at radius 1 is 1.33 bits per heavy atom. The van der Waals surface area contributed by atoms with Gasteiger partial charge in [-0.3, -0.25) is 0 Å². The largest absolute Gasteiger partial charge is 0.399 e. The van der Waals surface area contributed by atoms with Crippen molar-refractivity contribution in [1.82, 2.24) is 0 Å². The molecule has 0 amide bonds. The minimum atomic E-state index is 0.868. The van der Waals surface area contributed by atoms with Crippen molar-refractivity contribution in [2.45, 2.75) is 19.4 Å². The molecule has 0 bridgehead atoms. The number of anilines is 2. The number of nitrogen functional groups attached to an aromatic ring is 1. The molecule has 1 aliphatic heterocycles. The number of hydrogen-bond donors (Lipinski definition) is 1. The second kappa shape index (κ2) is 4.94. The zero-order valence-electron chi connectivity index (χ0n) is 10.0. The van der Waals surface area contributed by atoms with E-state index in [0.717, 1.165) is 25.2 Å². The molecule has 4 heteroatoms. The third kappa shape index (κ3) is 2.27. The fraction of sp³-hybridized carbons (Fsp3) is 0.286. The summed E-state index contributed by atoms with van der Waals surface area (Å²) < 4.78 is 1.22. The smallest absolute Gasteiger partial charge is 0.0534 e. The summed E-state index contributed by atoms with van der Waals surface area (Å²) >= 11 is 5.42. The van der Waals surface area contributed by atoms with Crippen LogP contribution >= 0.6 is 27.3 Å². The number of nitrogens with zero attached hydrogens (tertiary/aromatic N) is 1. The summed E-state index contributed by atoms with van der Waals surface area (Å²) in [5, 5.41) is 2.13. The van der Waals surface area contributed by atoms with Gasteiger partial charge in [-0.2, -0.15) is 0 Å². The number of hydrogen-bond acceptors (Lipinski definition) is 3. The fourth-order valence-corrected chi connectivity index (χ4v) is 3.96. The molecule has 0 aliphatic carbocycles. The normalized spacial score (nSPS) is 14.6. The first kappa shape index (κ1) is 12.1. The Kier molecular flexibility index (Phi) is 3.31. The van der Waals surface area contributed by atoms with Crippen LogP contribution in [0.5, 0.6) is 0 Å². The first-order chi connectivity index (χ1) is 8.74. The van der Waals surface area contributed by atoms with Gasteiger partial charge >= 0.3 is 0 Å². The summed E-state index contributed by atoms with van der Waals surface area (Å²) in [5.41, 5.74) is 9.46. The molecule has 1 aromatic heterocycles. The van der Waals surface area contributed by atoms with Crippen molar-refractivity contribution in [1.29, 1.82) is 0 Å². The van der Waals surface area contributed by atoms with Gasteiger partial charge in [0.15, 0.2) is 0 Å². The molecule has 2 aromatic rings. The first-order valence-electron chi connectivity index (χ1n) is 6.09. The average Bonchev–Trinajstić information content (AvgIpc) is 2.75. The van der Waals surface area contributed by atoms with Gasteiger partial charge in [0.05, 0.1) is 6.54 Å². The van der Waals surface area contributed by atoms with Crippen LogP contribution in [0.2, 0.25) is 0 Å². The van der Waals surface area contributed by atoms with E-state index in [4.69, 9.17) is 5.73 Å². The van der Waals surface area contributed by atoms with Crippen LogP contribution in [0.1, 0.15) is 16.9 Å². The third-order valence-electron chi connectivity index (χ3n) is 3.34. The highest BCUT2D eigenvalue weighted by atomic mass is 79.9. The van der Waals surface area contributed by atoms with Gasteiger partial charge in [0.1, 0.15) is 0 Å². The Morgan fingerprint density at radius 2 is 2.22 bits per heavy atom. The topological polar surface area (TPSA) is 29.3 Å². The highest BCUT2D eigenvalue weighted by Crippen LogP contribution is 2.32. The van der Waals surface area contributed by atoms with E-state index in [0.29, 0.717) is 0 Å². The minimum Gasteiger partial charge on any atom is -0.399 e. The highest BCUT2D eigenvalue weighted by Gasteiger charge is 2.18. The van der Waals surface area contributed by atoms with E-state index in [1.54, 1.807) is 0 Å². The Bertz CT molecular complexity index is 565. The van der Waals surface area contributed by atoms with E-state index >= 15 is 0 Å². The molecule has 0 saturated heterocycles. The molecule has 0 radical (unpaired) electrons. The summed E-state index contributed by atoms with van der Waals surface area (Å²) in [5.74, 6) is 0. The van der Waals surface area contributed by atoms with Crippen molar-refractivity contribution in [2.24, 2.45) is 0 Å². The van der Waals surface area contributed by atoms with Gasteiger partial charge in [0.25, 0.3) is 0 Å². The van der Waals surface area contributed by atoms with Gasteiger partial charge in [-0.25, -0.2) is 0 Å². The van der Waals surface area contributed by atoms with Gasteiger partial charge < -0.3 is 10.6 Å².